The summed E-state index contributed by atoms with van der Waals surface area (Å²) in [5.74, 6) is 0.180. The molecule has 31 heavy (non-hydrogen) atoms. The van der Waals surface area contributed by atoms with Gasteiger partial charge in [0.25, 0.3) is 0 Å². The Bertz CT molecular complexity index is 957. The number of hydrogen-bond donors (Lipinski definition) is 1. The third kappa shape index (κ3) is 5.75. The highest BCUT2D eigenvalue weighted by Gasteiger charge is 2.47. The number of rotatable bonds is 12. The summed E-state index contributed by atoms with van der Waals surface area (Å²) in [4.78, 5) is 24.1. The number of unbranched alkanes of at least 4 members (excludes halogenated alkanes) is 2. The number of carbonyl (C=O) groups is 2. The molecule has 3 amide bonds. The number of sulfone groups is 1. The van der Waals surface area contributed by atoms with Crippen LogP contribution in [0, 0.1) is 11.7 Å². The Hall–Kier alpha value is -2.16. The molecule has 2 aliphatic carbocycles. The number of nitrogens with zero attached hydrogens (tertiary/aromatic N) is 1. The fourth-order valence-corrected chi connectivity index (χ4v) is 6.15. The maximum absolute atomic E-state index is 14.1. The molecule has 1 N–H and O–H groups in total. The number of hydrogen-bond acceptors (Lipinski definition) is 5. The highest BCUT2D eigenvalue weighted by molar-refractivity contribution is 7.91. The van der Waals surface area contributed by atoms with Gasteiger partial charge in [0.2, 0.25) is 5.91 Å². The van der Waals surface area contributed by atoms with E-state index in [-0.39, 0.29) is 35.7 Å². The third-order valence-corrected chi connectivity index (χ3v) is 8.22. The van der Waals surface area contributed by atoms with E-state index in [0.717, 1.165) is 31.2 Å². The van der Waals surface area contributed by atoms with Crippen LogP contribution in [0.25, 0.3) is 0 Å². The number of nitrogens with one attached hydrogen (secondary N) is 1. The fraction of sp³-hybridized carbons (Fsp3) is 0.636. The monoisotopic (exact) mass is 452 g/mol. The zero-order valence-corrected chi connectivity index (χ0v) is 18.4. The van der Waals surface area contributed by atoms with Crippen molar-refractivity contribution in [2.45, 2.75) is 50.4 Å². The van der Waals surface area contributed by atoms with Crippen molar-refractivity contribution < 1.29 is 27.1 Å². The van der Waals surface area contributed by atoms with Crippen molar-refractivity contribution in [2.75, 3.05) is 31.2 Å². The number of urea groups is 1. The molecule has 0 radical (unpaired) electrons. The molecular formula is C22H29FN2O5S. The van der Waals surface area contributed by atoms with Crippen LogP contribution >= 0.6 is 0 Å². The minimum absolute atomic E-state index is 0.0662. The molecule has 0 bridgehead atoms. The van der Waals surface area contributed by atoms with E-state index in [2.05, 4.69) is 5.32 Å². The smallest absolute Gasteiger partial charge is 0.324 e. The molecule has 9 heteroatoms. The molecular weight excluding hydrogens is 423 g/mol. The van der Waals surface area contributed by atoms with Crippen molar-refractivity contribution in [3.05, 3.63) is 29.6 Å². The Balaban J connectivity index is 1.26. The van der Waals surface area contributed by atoms with Crippen molar-refractivity contribution in [3.8, 4) is 5.75 Å². The Morgan fingerprint density at radius 1 is 1.16 bits per heavy atom. The molecule has 2 saturated carbocycles. The molecule has 1 aromatic carbocycles. The highest BCUT2D eigenvalue weighted by Crippen LogP contribution is 2.50. The molecule has 1 aromatic rings. The van der Waals surface area contributed by atoms with Crippen LogP contribution in [0.5, 0.6) is 5.75 Å². The van der Waals surface area contributed by atoms with Gasteiger partial charge in [-0.05, 0) is 62.1 Å². The van der Waals surface area contributed by atoms with E-state index in [1.165, 1.54) is 11.0 Å². The Kier molecular flexibility index (Phi) is 6.23. The summed E-state index contributed by atoms with van der Waals surface area (Å²) in [5.41, 5.74) is 0.408. The van der Waals surface area contributed by atoms with Crippen molar-refractivity contribution in [2.24, 2.45) is 5.92 Å². The molecule has 3 fully saturated rings. The first-order valence-electron chi connectivity index (χ1n) is 11.0. The van der Waals surface area contributed by atoms with E-state index in [9.17, 15) is 22.4 Å². The zero-order chi connectivity index (χ0) is 22.1. The number of benzene rings is 1. The molecule has 0 atom stereocenters. The molecule has 3 aliphatic rings. The Morgan fingerprint density at radius 2 is 1.94 bits per heavy atom. The standard InChI is InChI=1S/C22H29FN2O5S/c23-18-7-6-17(12-19(18)30-14-16-4-5-16)22(8-9-22)15-31(28,29)11-3-1-2-10-25-13-20(26)24-21(25)27/h6-7,12,16H,1-5,8-11,13-15H2,(H,24,26,27). The predicted molar refractivity (Wildman–Crippen MR) is 113 cm³/mol. The minimum Gasteiger partial charge on any atom is -0.490 e. The molecule has 0 spiro atoms. The van der Waals surface area contributed by atoms with Crippen LogP contribution in [0.15, 0.2) is 18.2 Å². The van der Waals surface area contributed by atoms with Crippen LogP contribution < -0.4 is 10.1 Å². The lowest BCUT2D eigenvalue weighted by Gasteiger charge is -2.18. The van der Waals surface area contributed by atoms with E-state index in [1.54, 1.807) is 12.1 Å². The summed E-state index contributed by atoms with van der Waals surface area (Å²) >= 11 is 0. The van der Waals surface area contributed by atoms with Crippen molar-refractivity contribution in [1.82, 2.24) is 10.2 Å². The maximum Gasteiger partial charge on any atom is 0.324 e. The van der Waals surface area contributed by atoms with E-state index in [1.807, 2.05) is 0 Å². The molecule has 4 rings (SSSR count). The Labute approximate surface area is 182 Å². The van der Waals surface area contributed by atoms with Gasteiger partial charge in [-0.15, -0.1) is 0 Å². The molecule has 7 nitrogen and oxygen atoms in total. The van der Waals surface area contributed by atoms with E-state index < -0.39 is 21.1 Å². The third-order valence-electron chi connectivity index (χ3n) is 6.32. The SMILES string of the molecule is O=C1CN(CCCCCS(=O)(=O)CC2(c3ccc(F)c(OCC4CC4)c3)CC2)C(=O)N1. The van der Waals surface area contributed by atoms with Crippen LogP contribution in [0.3, 0.4) is 0 Å². The summed E-state index contributed by atoms with van der Waals surface area (Å²) < 4.78 is 45.2. The van der Waals surface area contributed by atoms with Gasteiger partial charge in [0.1, 0.15) is 6.54 Å². The van der Waals surface area contributed by atoms with Gasteiger partial charge in [0.15, 0.2) is 21.4 Å². The predicted octanol–water partition coefficient (Wildman–Crippen LogP) is 2.78. The van der Waals surface area contributed by atoms with Crippen LogP contribution in [0.1, 0.15) is 50.5 Å². The van der Waals surface area contributed by atoms with Gasteiger partial charge in [-0.2, -0.15) is 0 Å². The van der Waals surface area contributed by atoms with E-state index in [0.29, 0.717) is 38.3 Å². The van der Waals surface area contributed by atoms with Gasteiger partial charge < -0.3 is 9.64 Å². The molecule has 1 saturated heterocycles. The van der Waals surface area contributed by atoms with Crippen LogP contribution in [0.4, 0.5) is 9.18 Å². The van der Waals surface area contributed by atoms with Crippen LogP contribution in [-0.4, -0.2) is 56.5 Å². The largest absolute Gasteiger partial charge is 0.490 e. The van der Waals surface area contributed by atoms with Gasteiger partial charge in [0.05, 0.1) is 18.1 Å². The number of halogens is 1. The number of ether oxygens (including phenoxy) is 1. The lowest BCUT2D eigenvalue weighted by Crippen LogP contribution is -2.29. The van der Waals surface area contributed by atoms with Crippen LogP contribution in [0.2, 0.25) is 0 Å². The molecule has 1 aliphatic heterocycles. The summed E-state index contributed by atoms with van der Waals surface area (Å²) in [7, 11) is -3.26. The lowest BCUT2D eigenvalue weighted by atomic mass is 9.98. The van der Waals surface area contributed by atoms with Gasteiger partial charge in [-0.3, -0.25) is 10.1 Å². The first kappa shape index (κ1) is 22.0. The van der Waals surface area contributed by atoms with Gasteiger partial charge in [0, 0.05) is 12.0 Å². The second-order valence-electron chi connectivity index (χ2n) is 9.11. The molecule has 1 heterocycles. The summed E-state index contributed by atoms with van der Waals surface area (Å²) in [6, 6.07) is 4.36. The average Bonchev–Trinajstić information content (AvgIpc) is 3.62. The van der Waals surface area contributed by atoms with Crippen molar-refractivity contribution in [1.29, 1.82) is 0 Å². The van der Waals surface area contributed by atoms with Gasteiger partial charge in [-0.1, -0.05) is 12.5 Å². The van der Waals surface area contributed by atoms with Crippen molar-refractivity contribution >= 4 is 21.8 Å². The van der Waals surface area contributed by atoms with E-state index >= 15 is 0 Å². The highest BCUT2D eigenvalue weighted by atomic mass is 32.2. The quantitative estimate of drug-likeness (QED) is 0.389. The summed E-state index contributed by atoms with van der Waals surface area (Å²) in [6.07, 6.45) is 5.62. The summed E-state index contributed by atoms with van der Waals surface area (Å²) in [5, 5.41) is 2.22. The normalized spacial score (nSPS) is 20.1. The number of imide groups is 1. The van der Waals surface area contributed by atoms with Gasteiger partial charge >= 0.3 is 6.03 Å². The number of amides is 3. The number of carbonyl (C=O) groups excluding carboxylic acids is 2. The van der Waals surface area contributed by atoms with Gasteiger partial charge in [-0.25, -0.2) is 17.6 Å². The average molecular weight is 453 g/mol. The van der Waals surface area contributed by atoms with Crippen molar-refractivity contribution in [3.63, 3.8) is 0 Å². The topological polar surface area (TPSA) is 92.8 Å². The zero-order valence-electron chi connectivity index (χ0n) is 17.6. The Morgan fingerprint density at radius 3 is 2.58 bits per heavy atom. The second-order valence-corrected chi connectivity index (χ2v) is 11.3. The lowest BCUT2D eigenvalue weighted by molar-refractivity contribution is -0.118. The molecule has 0 aromatic heterocycles. The summed E-state index contributed by atoms with van der Waals surface area (Å²) in [6.45, 7) is 1.03. The first-order valence-corrected chi connectivity index (χ1v) is 12.8. The minimum atomic E-state index is -3.26. The van der Waals surface area contributed by atoms with Crippen LogP contribution in [-0.2, 0) is 20.0 Å². The molecule has 170 valence electrons. The fourth-order valence-electron chi connectivity index (χ4n) is 4.06. The first-order chi connectivity index (χ1) is 14.8. The maximum atomic E-state index is 14.1. The second kappa shape index (κ2) is 8.76. The molecule has 0 unspecified atom stereocenters. The van der Waals surface area contributed by atoms with E-state index in [4.69, 9.17) is 4.74 Å².